The van der Waals surface area contributed by atoms with E-state index in [1.54, 1.807) is 61.0 Å². The molecule has 0 aliphatic heterocycles. The third-order valence-electron chi connectivity index (χ3n) is 4.63. The second-order valence-corrected chi connectivity index (χ2v) is 9.73. The zero-order chi connectivity index (χ0) is 24.2. The fourth-order valence-corrected chi connectivity index (χ4v) is 5.00. The van der Waals surface area contributed by atoms with Gasteiger partial charge in [0.05, 0.1) is 47.8 Å². The van der Waals surface area contributed by atoms with Crippen LogP contribution in [0.15, 0.2) is 65.3 Å². The molecule has 3 N–H and O–H groups in total. The Hall–Kier alpha value is -3.24. The van der Waals surface area contributed by atoms with E-state index in [0.29, 0.717) is 41.6 Å². The zero-order valence-electron chi connectivity index (χ0n) is 17.5. The molecule has 172 valence electrons. The number of benzene rings is 1. The van der Waals surface area contributed by atoms with Crippen LogP contribution in [0.4, 0.5) is 5.69 Å². The number of hydrazone groups is 1. The number of nitrogens with zero attached hydrogens (tertiary/aromatic N) is 2. The molecule has 0 aliphatic carbocycles. The van der Waals surface area contributed by atoms with Crippen LogP contribution >= 0.6 is 45.9 Å². The van der Waals surface area contributed by atoms with Crippen molar-refractivity contribution in [2.24, 2.45) is 5.10 Å². The summed E-state index contributed by atoms with van der Waals surface area (Å²) in [4.78, 5) is 30.1. The fourth-order valence-electron chi connectivity index (χ4n) is 2.91. The Kier molecular flexibility index (Phi) is 7.28. The number of hydrogen-bond donors (Lipinski definition) is 3. The molecule has 0 fully saturated rings. The molecule has 0 atom stereocenters. The first-order chi connectivity index (χ1) is 16.3. The van der Waals surface area contributed by atoms with E-state index in [0.717, 1.165) is 16.9 Å². The summed E-state index contributed by atoms with van der Waals surface area (Å²) >= 11 is 14.4. The minimum Gasteiger partial charge on any atom is -0.506 e. The van der Waals surface area contributed by atoms with Gasteiger partial charge in [-0.1, -0.05) is 29.3 Å². The van der Waals surface area contributed by atoms with Crippen LogP contribution in [-0.2, 0) is 0 Å². The van der Waals surface area contributed by atoms with Gasteiger partial charge >= 0.3 is 0 Å². The van der Waals surface area contributed by atoms with Crippen LogP contribution < -0.4 is 10.7 Å². The maximum absolute atomic E-state index is 12.5. The number of nitrogens with one attached hydrogen (secondary N) is 2. The molecule has 2 amide bonds. The molecule has 4 aromatic rings. The van der Waals surface area contributed by atoms with Crippen molar-refractivity contribution in [1.29, 1.82) is 0 Å². The van der Waals surface area contributed by atoms with Crippen molar-refractivity contribution in [2.45, 2.75) is 6.92 Å². The third kappa shape index (κ3) is 5.28. The zero-order valence-corrected chi connectivity index (χ0v) is 20.6. The lowest BCUT2D eigenvalue weighted by Gasteiger charge is -2.04. The van der Waals surface area contributed by atoms with E-state index < -0.39 is 5.91 Å². The Balaban J connectivity index is 1.44. The smallest absolute Gasteiger partial charge is 0.281 e. The van der Waals surface area contributed by atoms with Gasteiger partial charge in [-0.3, -0.25) is 14.6 Å². The van der Waals surface area contributed by atoms with E-state index in [4.69, 9.17) is 23.2 Å². The van der Waals surface area contributed by atoms with Crippen LogP contribution in [0.3, 0.4) is 0 Å². The highest BCUT2D eigenvalue weighted by Gasteiger charge is 2.17. The Morgan fingerprint density at radius 3 is 2.53 bits per heavy atom. The average Bonchev–Trinajstić information content (AvgIpc) is 3.47. The van der Waals surface area contributed by atoms with Crippen molar-refractivity contribution in [2.75, 3.05) is 5.32 Å². The molecule has 34 heavy (non-hydrogen) atoms. The maximum atomic E-state index is 12.5. The highest BCUT2D eigenvalue weighted by atomic mass is 35.5. The van der Waals surface area contributed by atoms with Crippen LogP contribution in [0, 0.1) is 0 Å². The molecule has 4 rings (SSSR count). The van der Waals surface area contributed by atoms with Crippen molar-refractivity contribution in [3.63, 3.8) is 0 Å². The molecule has 0 spiro atoms. The van der Waals surface area contributed by atoms with E-state index in [1.165, 1.54) is 17.5 Å². The summed E-state index contributed by atoms with van der Waals surface area (Å²) in [6, 6.07) is 11.6. The van der Waals surface area contributed by atoms with Gasteiger partial charge in [-0.15, -0.1) is 22.7 Å². The highest BCUT2D eigenvalue weighted by Crippen LogP contribution is 2.40. The molecule has 1 aromatic carbocycles. The fraction of sp³-hybridized carbons (Fsp3) is 0.0435. The molecular weight excluding hydrogens is 515 g/mol. The molecule has 11 heteroatoms. The van der Waals surface area contributed by atoms with Crippen molar-refractivity contribution in [3.05, 3.63) is 85.6 Å². The van der Waals surface area contributed by atoms with Gasteiger partial charge in [0.15, 0.2) is 0 Å². The van der Waals surface area contributed by atoms with Crippen molar-refractivity contribution >= 4 is 69.1 Å². The maximum Gasteiger partial charge on any atom is 0.281 e. The lowest BCUT2D eigenvalue weighted by atomic mass is 10.1. The lowest BCUT2D eigenvalue weighted by Crippen LogP contribution is -2.18. The van der Waals surface area contributed by atoms with Gasteiger partial charge in [-0.05, 0) is 48.9 Å². The number of pyridine rings is 1. The number of aromatic nitrogens is 1. The molecule has 0 unspecified atom stereocenters. The SMILES string of the molecule is C/C(=N\NC(=O)c1ccc(C(=O)Nc2cccnc2)s1)c1csc(-c2ccc(Cl)c(Cl)c2)c1O. The number of amides is 2. The summed E-state index contributed by atoms with van der Waals surface area (Å²) in [5.41, 5.74) is 4.64. The number of aromatic hydroxyl groups is 1. The molecule has 7 nitrogen and oxygen atoms in total. The molecule has 0 saturated carbocycles. The topological polar surface area (TPSA) is 104 Å². The monoisotopic (exact) mass is 530 g/mol. The first-order valence-electron chi connectivity index (χ1n) is 9.75. The first-order valence-corrected chi connectivity index (χ1v) is 12.2. The van der Waals surface area contributed by atoms with Gasteiger partial charge in [0, 0.05) is 11.6 Å². The molecular formula is C23H16Cl2N4O3S2. The van der Waals surface area contributed by atoms with Gasteiger partial charge in [0.25, 0.3) is 11.8 Å². The van der Waals surface area contributed by atoms with Gasteiger partial charge in [0.1, 0.15) is 5.75 Å². The van der Waals surface area contributed by atoms with Crippen LogP contribution in [0.5, 0.6) is 5.75 Å². The quantitative estimate of drug-likeness (QED) is 0.201. The van der Waals surface area contributed by atoms with Gasteiger partial charge in [-0.2, -0.15) is 5.10 Å². The highest BCUT2D eigenvalue weighted by molar-refractivity contribution is 7.16. The van der Waals surface area contributed by atoms with Crippen LogP contribution in [0.25, 0.3) is 10.4 Å². The predicted octanol–water partition coefficient (Wildman–Crippen LogP) is 6.29. The van der Waals surface area contributed by atoms with Gasteiger partial charge < -0.3 is 10.4 Å². The number of carbonyl (C=O) groups excluding carboxylic acids is 2. The van der Waals surface area contributed by atoms with E-state index in [-0.39, 0.29) is 11.7 Å². The summed E-state index contributed by atoms with van der Waals surface area (Å²) in [7, 11) is 0. The second kappa shape index (κ2) is 10.4. The number of carbonyl (C=O) groups is 2. The minimum absolute atomic E-state index is 0.0318. The summed E-state index contributed by atoms with van der Waals surface area (Å²) < 4.78 is 0. The minimum atomic E-state index is -0.468. The molecule has 3 aromatic heterocycles. The largest absolute Gasteiger partial charge is 0.506 e. The van der Waals surface area contributed by atoms with Gasteiger partial charge in [-0.25, -0.2) is 5.43 Å². The van der Waals surface area contributed by atoms with Crippen molar-refractivity contribution in [3.8, 4) is 16.2 Å². The molecule has 0 saturated heterocycles. The Morgan fingerprint density at radius 1 is 1.06 bits per heavy atom. The molecule has 0 aliphatic rings. The van der Waals surface area contributed by atoms with Crippen LogP contribution in [0.2, 0.25) is 10.0 Å². The van der Waals surface area contributed by atoms with Crippen molar-refractivity contribution in [1.82, 2.24) is 10.4 Å². The predicted molar refractivity (Wildman–Crippen MR) is 138 cm³/mol. The van der Waals surface area contributed by atoms with E-state index in [1.807, 2.05) is 0 Å². The molecule has 0 bridgehead atoms. The van der Waals surface area contributed by atoms with E-state index >= 15 is 0 Å². The Morgan fingerprint density at radius 2 is 1.82 bits per heavy atom. The number of thiophene rings is 2. The summed E-state index contributed by atoms with van der Waals surface area (Å²) in [6.07, 6.45) is 3.14. The van der Waals surface area contributed by atoms with Crippen molar-refractivity contribution < 1.29 is 14.7 Å². The van der Waals surface area contributed by atoms with E-state index in [9.17, 15) is 14.7 Å². The molecule has 0 radical (unpaired) electrons. The van der Waals surface area contributed by atoms with Crippen LogP contribution in [-0.4, -0.2) is 27.6 Å². The first kappa shape index (κ1) is 23.9. The van der Waals surface area contributed by atoms with Crippen LogP contribution in [0.1, 0.15) is 31.8 Å². The Bertz CT molecular complexity index is 1400. The average molecular weight is 531 g/mol. The molecule has 3 heterocycles. The summed E-state index contributed by atoms with van der Waals surface area (Å²) in [6.45, 7) is 1.67. The Labute approximate surface area is 212 Å². The summed E-state index contributed by atoms with van der Waals surface area (Å²) in [5, 5.41) is 20.0. The number of halogens is 2. The van der Waals surface area contributed by atoms with Gasteiger partial charge in [0.2, 0.25) is 0 Å². The standard InChI is InChI=1S/C23H16Cl2N4O3S2/c1-12(15-11-33-21(20(15)30)13-4-5-16(24)17(25)9-13)28-29-23(32)19-7-6-18(34-19)22(31)27-14-3-2-8-26-10-14/h2-11,30H,1H3,(H,27,31)(H,29,32)/b28-12+. The lowest BCUT2D eigenvalue weighted by molar-refractivity contribution is 0.0958. The third-order valence-corrected chi connectivity index (χ3v) is 7.47. The normalized spacial score (nSPS) is 11.3. The number of rotatable bonds is 6. The van der Waals surface area contributed by atoms with E-state index in [2.05, 4.69) is 20.8 Å². The second-order valence-electron chi connectivity index (χ2n) is 6.95. The summed E-state index contributed by atoms with van der Waals surface area (Å²) in [5.74, 6) is -0.775. The number of anilines is 1. The number of hydrogen-bond acceptors (Lipinski definition) is 7.